The standard InChI is InChI=1S/C12H17N3O3S/c1-3-9(7-19-2)14-12(16)8-4-5-10(13)11(6-8)15(17)18/h4-6,9H,3,7,13H2,1-2H3,(H,14,16). The zero-order chi connectivity index (χ0) is 14.4. The predicted molar refractivity (Wildman–Crippen MR) is 77.4 cm³/mol. The molecule has 1 atom stereocenters. The van der Waals surface area contributed by atoms with E-state index in [4.69, 9.17) is 5.73 Å². The zero-order valence-corrected chi connectivity index (χ0v) is 11.7. The van der Waals surface area contributed by atoms with Crippen LogP contribution in [0.5, 0.6) is 0 Å². The Balaban J connectivity index is 2.88. The lowest BCUT2D eigenvalue weighted by Crippen LogP contribution is -2.36. The smallest absolute Gasteiger partial charge is 0.292 e. The van der Waals surface area contributed by atoms with Crippen LogP contribution in [0.15, 0.2) is 18.2 Å². The molecule has 6 nitrogen and oxygen atoms in total. The fourth-order valence-electron chi connectivity index (χ4n) is 1.57. The van der Waals surface area contributed by atoms with Crippen molar-refractivity contribution in [3.8, 4) is 0 Å². The Morgan fingerprint density at radius 2 is 2.26 bits per heavy atom. The molecule has 0 fully saturated rings. The summed E-state index contributed by atoms with van der Waals surface area (Å²) in [7, 11) is 0. The van der Waals surface area contributed by atoms with Gasteiger partial charge in [0.25, 0.3) is 11.6 Å². The molecule has 0 heterocycles. The van der Waals surface area contributed by atoms with Gasteiger partial charge in [0.1, 0.15) is 5.69 Å². The van der Waals surface area contributed by atoms with Gasteiger partial charge in [-0.05, 0) is 24.8 Å². The summed E-state index contributed by atoms with van der Waals surface area (Å²) in [6, 6.07) is 4.13. The Kier molecular flexibility index (Phi) is 5.62. The minimum absolute atomic E-state index is 0.0534. The minimum Gasteiger partial charge on any atom is -0.393 e. The lowest BCUT2D eigenvalue weighted by molar-refractivity contribution is -0.383. The van der Waals surface area contributed by atoms with Crippen LogP contribution in [-0.2, 0) is 0 Å². The van der Waals surface area contributed by atoms with Crippen molar-refractivity contribution in [3.63, 3.8) is 0 Å². The highest BCUT2D eigenvalue weighted by molar-refractivity contribution is 7.98. The Bertz CT molecular complexity index is 479. The molecule has 0 aliphatic heterocycles. The molecule has 1 aromatic rings. The SMILES string of the molecule is CCC(CSC)NC(=O)c1ccc(N)c([N+](=O)[O-])c1. The van der Waals surface area contributed by atoms with E-state index < -0.39 is 4.92 Å². The topological polar surface area (TPSA) is 98.3 Å². The molecule has 19 heavy (non-hydrogen) atoms. The number of nitro benzene ring substituents is 1. The summed E-state index contributed by atoms with van der Waals surface area (Å²) in [5, 5.41) is 13.6. The van der Waals surface area contributed by atoms with Crippen LogP contribution in [-0.4, -0.2) is 28.9 Å². The van der Waals surface area contributed by atoms with Crippen LogP contribution in [0.2, 0.25) is 0 Å². The number of nitrogens with two attached hydrogens (primary N) is 1. The highest BCUT2D eigenvalue weighted by atomic mass is 32.2. The largest absolute Gasteiger partial charge is 0.393 e. The maximum Gasteiger partial charge on any atom is 0.292 e. The van der Waals surface area contributed by atoms with Gasteiger partial charge in [-0.3, -0.25) is 14.9 Å². The summed E-state index contributed by atoms with van der Waals surface area (Å²) in [5.74, 6) is 0.489. The first-order chi connectivity index (χ1) is 8.99. The molecular weight excluding hydrogens is 266 g/mol. The molecule has 0 spiro atoms. The number of nitrogens with one attached hydrogen (secondary N) is 1. The van der Waals surface area contributed by atoms with E-state index in [1.807, 2.05) is 13.2 Å². The maximum absolute atomic E-state index is 12.0. The number of nitro groups is 1. The molecule has 0 aromatic heterocycles. The monoisotopic (exact) mass is 283 g/mol. The van der Waals surface area contributed by atoms with Crippen LogP contribution in [0.4, 0.5) is 11.4 Å². The third-order valence-electron chi connectivity index (χ3n) is 2.69. The fraction of sp³-hybridized carbons (Fsp3) is 0.417. The van der Waals surface area contributed by atoms with E-state index in [0.717, 1.165) is 12.2 Å². The van der Waals surface area contributed by atoms with Gasteiger partial charge in [0, 0.05) is 23.4 Å². The molecule has 3 N–H and O–H groups in total. The van der Waals surface area contributed by atoms with Crippen molar-refractivity contribution in [2.45, 2.75) is 19.4 Å². The van der Waals surface area contributed by atoms with E-state index in [9.17, 15) is 14.9 Å². The van der Waals surface area contributed by atoms with Crippen LogP contribution in [0, 0.1) is 10.1 Å². The van der Waals surface area contributed by atoms with E-state index in [1.54, 1.807) is 11.8 Å². The van der Waals surface area contributed by atoms with Gasteiger partial charge in [-0.15, -0.1) is 0 Å². The van der Waals surface area contributed by atoms with E-state index in [0.29, 0.717) is 0 Å². The highest BCUT2D eigenvalue weighted by Gasteiger charge is 2.17. The molecule has 1 rings (SSSR count). The number of thioether (sulfide) groups is 1. The Morgan fingerprint density at radius 1 is 1.58 bits per heavy atom. The average molecular weight is 283 g/mol. The molecule has 104 valence electrons. The molecule has 0 saturated heterocycles. The summed E-state index contributed by atoms with van der Waals surface area (Å²) < 4.78 is 0. The molecule has 0 aliphatic carbocycles. The van der Waals surface area contributed by atoms with E-state index in [1.165, 1.54) is 18.2 Å². The molecule has 0 radical (unpaired) electrons. The number of carbonyl (C=O) groups excluding carboxylic acids is 1. The Morgan fingerprint density at radius 3 is 2.79 bits per heavy atom. The highest BCUT2D eigenvalue weighted by Crippen LogP contribution is 2.22. The number of hydrogen-bond donors (Lipinski definition) is 2. The second-order valence-corrected chi connectivity index (χ2v) is 4.98. The first kappa shape index (κ1) is 15.3. The van der Waals surface area contributed by atoms with Crippen molar-refractivity contribution in [2.24, 2.45) is 0 Å². The number of rotatable bonds is 6. The van der Waals surface area contributed by atoms with Crippen LogP contribution < -0.4 is 11.1 Å². The molecule has 0 saturated carbocycles. The molecule has 1 amide bonds. The quantitative estimate of drug-likeness (QED) is 0.473. The van der Waals surface area contributed by atoms with Crippen LogP contribution >= 0.6 is 11.8 Å². The number of nitrogen functional groups attached to an aromatic ring is 1. The van der Waals surface area contributed by atoms with E-state index >= 15 is 0 Å². The van der Waals surface area contributed by atoms with Gasteiger partial charge < -0.3 is 11.1 Å². The second kappa shape index (κ2) is 6.98. The van der Waals surface area contributed by atoms with Gasteiger partial charge >= 0.3 is 0 Å². The van der Waals surface area contributed by atoms with Gasteiger partial charge in [-0.1, -0.05) is 6.92 Å². The average Bonchev–Trinajstić information content (AvgIpc) is 2.38. The zero-order valence-electron chi connectivity index (χ0n) is 10.9. The molecular formula is C12H17N3O3S. The summed E-state index contributed by atoms with van der Waals surface area (Å²) in [6.07, 6.45) is 2.77. The summed E-state index contributed by atoms with van der Waals surface area (Å²) >= 11 is 1.64. The van der Waals surface area contributed by atoms with Gasteiger partial charge in [0.05, 0.1) is 4.92 Å². The van der Waals surface area contributed by atoms with E-state index in [-0.39, 0.29) is 28.9 Å². The fourth-order valence-corrected chi connectivity index (χ4v) is 2.30. The first-order valence-corrected chi connectivity index (χ1v) is 7.22. The third-order valence-corrected chi connectivity index (χ3v) is 3.42. The van der Waals surface area contributed by atoms with Crippen molar-refractivity contribution >= 4 is 29.0 Å². The summed E-state index contributed by atoms with van der Waals surface area (Å²) in [4.78, 5) is 22.2. The molecule has 7 heteroatoms. The van der Waals surface area contributed by atoms with Gasteiger partial charge in [-0.2, -0.15) is 11.8 Å². The lowest BCUT2D eigenvalue weighted by Gasteiger charge is -2.15. The summed E-state index contributed by atoms with van der Waals surface area (Å²) in [6.45, 7) is 1.98. The van der Waals surface area contributed by atoms with Gasteiger partial charge in [0.15, 0.2) is 0 Å². The van der Waals surface area contributed by atoms with Crippen LogP contribution in [0.1, 0.15) is 23.7 Å². The van der Waals surface area contributed by atoms with Crippen molar-refractivity contribution in [1.82, 2.24) is 5.32 Å². The first-order valence-electron chi connectivity index (χ1n) is 5.83. The number of benzene rings is 1. The van der Waals surface area contributed by atoms with Crippen LogP contribution in [0.25, 0.3) is 0 Å². The van der Waals surface area contributed by atoms with Gasteiger partial charge in [0.2, 0.25) is 0 Å². The molecule has 0 bridgehead atoms. The number of anilines is 1. The lowest BCUT2D eigenvalue weighted by atomic mass is 10.1. The number of amides is 1. The van der Waals surface area contributed by atoms with Crippen LogP contribution in [0.3, 0.4) is 0 Å². The molecule has 1 aromatic carbocycles. The molecule has 0 aliphatic rings. The Labute approximate surface area is 115 Å². The van der Waals surface area contributed by atoms with Gasteiger partial charge in [-0.25, -0.2) is 0 Å². The van der Waals surface area contributed by atoms with Crippen molar-refractivity contribution in [3.05, 3.63) is 33.9 Å². The number of nitrogens with zero attached hydrogens (tertiary/aromatic N) is 1. The normalized spacial score (nSPS) is 11.9. The maximum atomic E-state index is 12.0. The Hall–Kier alpha value is -1.76. The van der Waals surface area contributed by atoms with Crippen molar-refractivity contribution < 1.29 is 9.72 Å². The van der Waals surface area contributed by atoms with Crippen molar-refractivity contribution in [2.75, 3.05) is 17.7 Å². The predicted octanol–water partition coefficient (Wildman–Crippen LogP) is 2.05. The third kappa shape index (κ3) is 4.13. The molecule has 1 unspecified atom stereocenters. The minimum atomic E-state index is -0.592. The second-order valence-electron chi connectivity index (χ2n) is 4.06. The van der Waals surface area contributed by atoms with Crippen molar-refractivity contribution in [1.29, 1.82) is 0 Å². The number of carbonyl (C=O) groups is 1. The number of hydrogen-bond acceptors (Lipinski definition) is 5. The summed E-state index contributed by atoms with van der Waals surface area (Å²) in [5.41, 5.74) is 5.55. The van der Waals surface area contributed by atoms with E-state index in [2.05, 4.69) is 5.32 Å².